The fourth-order valence-electron chi connectivity index (χ4n) is 2.34. The SMILES string of the molecule is CC(C)(C)NCC(CCc1ccc(Br)s1)c1ccccc1. The van der Waals surface area contributed by atoms with Crippen molar-refractivity contribution >= 4 is 27.3 Å². The zero-order valence-corrected chi connectivity index (χ0v) is 15.4. The highest BCUT2D eigenvalue weighted by Gasteiger charge is 2.16. The van der Waals surface area contributed by atoms with Gasteiger partial charge in [0.15, 0.2) is 0 Å². The first kappa shape index (κ1) is 16.7. The maximum absolute atomic E-state index is 3.66. The molecule has 1 heterocycles. The van der Waals surface area contributed by atoms with E-state index in [0.717, 1.165) is 13.0 Å². The first-order valence-electron chi connectivity index (χ1n) is 7.48. The summed E-state index contributed by atoms with van der Waals surface area (Å²) in [4.78, 5) is 1.46. The third-order valence-corrected chi connectivity index (χ3v) is 5.20. The van der Waals surface area contributed by atoms with E-state index in [-0.39, 0.29) is 5.54 Å². The van der Waals surface area contributed by atoms with E-state index in [1.807, 2.05) is 11.3 Å². The van der Waals surface area contributed by atoms with Crippen LogP contribution in [0.5, 0.6) is 0 Å². The molecule has 0 saturated heterocycles. The zero-order valence-electron chi connectivity index (χ0n) is 13.0. The van der Waals surface area contributed by atoms with Crippen LogP contribution in [0, 0.1) is 0 Å². The highest BCUT2D eigenvalue weighted by atomic mass is 79.9. The Hall–Kier alpha value is -0.640. The normalized spacial score (nSPS) is 13.3. The Labute approximate surface area is 140 Å². The van der Waals surface area contributed by atoms with E-state index in [1.54, 1.807) is 0 Å². The van der Waals surface area contributed by atoms with Gasteiger partial charge < -0.3 is 5.32 Å². The molecule has 0 aliphatic carbocycles. The van der Waals surface area contributed by atoms with Gasteiger partial charge in [-0.15, -0.1) is 11.3 Å². The van der Waals surface area contributed by atoms with E-state index in [2.05, 4.69) is 84.5 Å². The molecule has 1 N–H and O–H groups in total. The van der Waals surface area contributed by atoms with Crippen LogP contribution in [0.4, 0.5) is 0 Å². The maximum Gasteiger partial charge on any atom is 0.0701 e. The maximum atomic E-state index is 3.66. The number of hydrogen-bond acceptors (Lipinski definition) is 2. The number of rotatable bonds is 6. The number of thiophene rings is 1. The number of hydrogen-bond donors (Lipinski definition) is 1. The van der Waals surface area contributed by atoms with E-state index in [9.17, 15) is 0 Å². The monoisotopic (exact) mass is 365 g/mol. The molecule has 0 radical (unpaired) electrons. The summed E-state index contributed by atoms with van der Waals surface area (Å²) in [6.45, 7) is 7.71. The Morgan fingerprint density at radius 2 is 1.81 bits per heavy atom. The molecule has 114 valence electrons. The Morgan fingerprint density at radius 1 is 1.10 bits per heavy atom. The lowest BCUT2D eigenvalue weighted by atomic mass is 9.93. The number of benzene rings is 1. The number of nitrogens with one attached hydrogen (secondary N) is 1. The lowest BCUT2D eigenvalue weighted by molar-refractivity contribution is 0.399. The molecule has 0 fully saturated rings. The van der Waals surface area contributed by atoms with Crippen LogP contribution in [-0.4, -0.2) is 12.1 Å². The Morgan fingerprint density at radius 3 is 2.38 bits per heavy atom. The molecule has 2 aromatic rings. The lowest BCUT2D eigenvalue weighted by Crippen LogP contribution is -2.38. The third-order valence-electron chi connectivity index (χ3n) is 3.52. The van der Waals surface area contributed by atoms with E-state index in [4.69, 9.17) is 0 Å². The summed E-state index contributed by atoms with van der Waals surface area (Å²) in [7, 11) is 0. The van der Waals surface area contributed by atoms with Crippen molar-refractivity contribution in [3.05, 3.63) is 56.7 Å². The van der Waals surface area contributed by atoms with Gasteiger partial charge in [0.2, 0.25) is 0 Å². The van der Waals surface area contributed by atoms with E-state index >= 15 is 0 Å². The molecule has 0 bridgehead atoms. The summed E-state index contributed by atoms with van der Waals surface area (Å²) in [5.74, 6) is 0.561. The van der Waals surface area contributed by atoms with E-state index in [0.29, 0.717) is 5.92 Å². The van der Waals surface area contributed by atoms with Gasteiger partial charge in [-0.3, -0.25) is 0 Å². The predicted octanol–water partition coefficient (Wildman–Crippen LogP) is 5.62. The van der Waals surface area contributed by atoms with Crippen molar-refractivity contribution in [2.45, 2.75) is 45.1 Å². The van der Waals surface area contributed by atoms with Crippen LogP contribution in [0.1, 0.15) is 43.6 Å². The Balaban J connectivity index is 2.01. The largest absolute Gasteiger partial charge is 0.311 e. The molecule has 1 aromatic carbocycles. The van der Waals surface area contributed by atoms with Crippen molar-refractivity contribution < 1.29 is 0 Å². The van der Waals surface area contributed by atoms with E-state index in [1.165, 1.54) is 20.6 Å². The number of aryl methyl sites for hydroxylation is 1. The molecule has 0 aliphatic rings. The smallest absolute Gasteiger partial charge is 0.0701 e. The van der Waals surface area contributed by atoms with Gasteiger partial charge in [-0.05, 0) is 73.2 Å². The van der Waals surface area contributed by atoms with Gasteiger partial charge in [-0.1, -0.05) is 30.3 Å². The van der Waals surface area contributed by atoms with Crippen LogP contribution >= 0.6 is 27.3 Å². The van der Waals surface area contributed by atoms with Crippen LogP contribution < -0.4 is 5.32 Å². The second-order valence-corrected chi connectivity index (χ2v) is 9.03. The van der Waals surface area contributed by atoms with Crippen molar-refractivity contribution in [3.63, 3.8) is 0 Å². The first-order chi connectivity index (χ1) is 9.94. The third kappa shape index (κ3) is 5.93. The van der Waals surface area contributed by atoms with Crippen LogP contribution in [0.15, 0.2) is 46.3 Å². The van der Waals surface area contributed by atoms with Gasteiger partial charge in [0.1, 0.15) is 0 Å². The van der Waals surface area contributed by atoms with Gasteiger partial charge >= 0.3 is 0 Å². The van der Waals surface area contributed by atoms with Gasteiger partial charge in [0, 0.05) is 17.0 Å². The summed E-state index contributed by atoms with van der Waals surface area (Å²) in [6, 6.07) is 15.2. The summed E-state index contributed by atoms with van der Waals surface area (Å²) in [6.07, 6.45) is 2.32. The van der Waals surface area contributed by atoms with Crippen molar-refractivity contribution in [3.8, 4) is 0 Å². The number of halogens is 1. The predicted molar refractivity (Wildman–Crippen MR) is 97.3 cm³/mol. The topological polar surface area (TPSA) is 12.0 Å². The summed E-state index contributed by atoms with van der Waals surface area (Å²) in [5.41, 5.74) is 1.60. The van der Waals surface area contributed by atoms with Crippen molar-refractivity contribution in [1.82, 2.24) is 5.32 Å². The minimum Gasteiger partial charge on any atom is -0.311 e. The molecule has 1 nitrogen and oxygen atoms in total. The Bertz CT molecular complexity index is 542. The minimum atomic E-state index is 0.166. The highest BCUT2D eigenvalue weighted by molar-refractivity contribution is 9.11. The molecule has 0 amide bonds. The average molecular weight is 366 g/mol. The standard InChI is InChI=1S/C18H24BrNS/c1-18(2,3)20-13-15(14-7-5-4-6-8-14)9-10-16-11-12-17(19)21-16/h4-8,11-12,15,20H,9-10,13H2,1-3H3. The molecule has 1 atom stereocenters. The molecule has 3 heteroatoms. The van der Waals surface area contributed by atoms with Crippen LogP contribution in [0.25, 0.3) is 0 Å². The molecule has 0 aliphatic heterocycles. The molecule has 1 aromatic heterocycles. The average Bonchev–Trinajstić information content (AvgIpc) is 2.84. The van der Waals surface area contributed by atoms with Gasteiger partial charge in [0.25, 0.3) is 0 Å². The zero-order chi connectivity index (χ0) is 15.3. The van der Waals surface area contributed by atoms with Crippen molar-refractivity contribution in [2.24, 2.45) is 0 Å². The van der Waals surface area contributed by atoms with Crippen molar-refractivity contribution in [1.29, 1.82) is 0 Å². The second kappa shape index (κ2) is 7.57. The van der Waals surface area contributed by atoms with Crippen LogP contribution in [0.2, 0.25) is 0 Å². The lowest BCUT2D eigenvalue weighted by Gasteiger charge is -2.25. The molecular weight excluding hydrogens is 342 g/mol. The fourth-order valence-corrected chi connectivity index (χ4v) is 3.84. The van der Waals surface area contributed by atoms with Crippen LogP contribution in [-0.2, 0) is 6.42 Å². The van der Waals surface area contributed by atoms with Gasteiger partial charge in [-0.2, -0.15) is 0 Å². The van der Waals surface area contributed by atoms with Gasteiger partial charge in [0.05, 0.1) is 3.79 Å². The molecular formula is C18H24BrNS. The highest BCUT2D eigenvalue weighted by Crippen LogP contribution is 2.27. The molecule has 21 heavy (non-hydrogen) atoms. The minimum absolute atomic E-state index is 0.166. The van der Waals surface area contributed by atoms with Crippen molar-refractivity contribution in [2.75, 3.05) is 6.54 Å². The fraction of sp³-hybridized carbons (Fsp3) is 0.444. The first-order valence-corrected chi connectivity index (χ1v) is 9.09. The quantitative estimate of drug-likeness (QED) is 0.700. The second-order valence-electron chi connectivity index (χ2n) is 6.48. The van der Waals surface area contributed by atoms with E-state index < -0.39 is 0 Å². The molecule has 0 saturated carbocycles. The molecule has 1 unspecified atom stereocenters. The van der Waals surface area contributed by atoms with Gasteiger partial charge in [-0.25, -0.2) is 0 Å². The summed E-state index contributed by atoms with van der Waals surface area (Å²) in [5, 5.41) is 3.66. The summed E-state index contributed by atoms with van der Waals surface area (Å²) < 4.78 is 1.22. The Kier molecular flexibility index (Phi) is 6.03. The summed E-state index contributed by atoms with van der Waals surface area (Å²) >= 11 is 5.39. The van der Waals surface area contributed by atoms with Crippen LogP contribution in [0.3, 0.4) is 0 Å². The molecule has 0 spiro atoms. The molecule has 2 rings (SSSR count).